The molecular weight excluding hydrogens is 376 g/mol. The van der Waals surface area contributed by atoms with Crippen LogP contribution in [0.5, 0.6) is 0 Å². The van der Waals surface area contributed by atoms with Gasteiger partial charge in [-0.1, -0.05) is 37.5 Å². The van der Waals surface area contributed by atoms with Crippen molar-refractivity contribution in [1.82, 2.24) is 10.6 Å². The lowest BCUT2D eigenvalue weighted by Gasteiger charge is -2.22. The van der Waals surface area contributed by atoms with E-state index >= 15 is 0 Å². The Morgan fingerprint density at radius 1 is 1.14 bits per heavy atom. The highest BCUT2D eigenvalue weighted by Crippen LogP contribution is 2.27. The average Bonchev–Trinajstić information content (AvgIpc) is 3.09. The van der Waals surface area contributed by atoms with E-state index in [0.717, 1.165) is 31.1 Å². The Morgan fingerprint density at radius 2 is 1.90 bits per heavy atom. The number of carbonyl (C=O) groups excluding carboxylic acids is 3. The van der Waals surface area contributed by atoms with E-state index in [4.69, 9.17) is 13.9 Å². The largest absolute Gasteiger partial charge is 0.450 e. The SMILES string of the molecule is CCOCc1c(C(=O)OCC(=O)NC(=O)NC2CCCCC2)oc2ccccc12. The van der Waals surface area contributed by atoms with E-state index < -0.39 is 24.5 Å². The lowest BCUT2D eigenvalue weighted by atomic mass is 9.96. The number of benzene rings is 1. The maximum absolute atomic E-state index is 12.5. The Bertz CT molecular complexity index is 869. The van der Waals surface area contributed by atoms with Crippen molar-refractivity contribution in [1.29, 1.82) is 0 Å². The molecule has 8 nitrogen and oxygen atoms in total. The Hall–Kier alpha value is -2.87. The van der Waals surface area contributed by atoms with Gasteiger partial charge in [-0.3, -0.25) is 10.1 Å². The van der Waals surface area contributed by atoms with Gasteiger partial charge in [-0.2, -0.15) is 0 Å². The lowest BCUT2D eigenvalue weighted by molar-refractivity contribution is -0.123. The monoisotopic (exact) mass is 402 g/mol. The van der Waals surface area contributed by atoms with Crippen LogP contribution in [0.25, 0.3) is 11.0 Å². The molecule has 0 bridgehead atoms. The highest BCUT2D eigenvalue weighted by molar-refractivity contribution is 5.99. The first-order valence-electron chi connectivity index (χ1n) is 9.94. The van der Waals surface area contributed by atoms with Crippen LogP contribution in [-0.4, -0.2) is 37.2 Å². The van der Waals surface area contributed by atoms with E-state index in [2.05, 4.69) is 10.6 Å². The topological polar surface area (TPSA) is 107 Å². The molecule has 1 saturated carbocycles. The standard InChI is InChI=1S/C21H26N2O6/c1-2-27-12-16-15-10-6-7-11-17(15)29-19(16)20(25)28-13-18(24)23-21(26)22-14-8-4-3-5-9-14/h6-7,10-11,14H,2-5,8-9,12-13H2,1H3,(H2,22,23,24,26). The molecule has 29 heavy (non-hydrogen) atoms. The third-order valence-electron chi connectivity index (χ3n) is 4.86. The minimum Gasteiger partial charge on any atom is -0.450 e. The maximum Gasteiger partial charge on any atom is 0.375 e. The van der Waals surface area contributed by atoms with Gasteiger partial charge in [0.2, 0.25) is 5.76 Å². The Balaban J connectivity index is 1.55. The second-order valence-electron chi connectivity index (χ2n) is 6.98. The number of urea groups is 1. The van der Waals surface area contributed by atoms with Gasteiger partial charge >= 0.3 is 12.0 Å². The minimum absolute atomic E-state index is 0.000827. The predicted molar refractivity (Wildman–Crippen MR) is 105 cm³/mol. The van der Waals surface area contributed by atoms with Gasteiger partial charge < -0.3 is 19.2 Å². The van der Waals surface area contributed by atoms with E-state index in [1.54, 1.807) is 12.1 Å². The molecule has 1 aromatic heterocycles. The molecule has 0 aliphatic heterocycles. The molecule has 0 atom stereocenters. The lowest BCUT2D eigenvalue weighted by Crippen LogP contribution is -2.46. The fourth-order valence-electron chi connectivity index (χ4n) is 3.44. The predicted octanol–water partition coefficient (Wildman–Crippen LogP) is 3.28. The molecule has 1 aromatic carbocycles. The van der Waals surface area contributed by atoms with E-state index in [0.29, 0.717) is 17.8 Å². The molecule has 156 valence electrons. The van der Waals surface area contributed by atoms with Gasteiger partial charge in [0.1, 0.15) is 5.58 Å². The van der Waals surface area contributed by atoms with Crippen LogP contribution in [0.15, 0.2) is 28.7 Å². The van der Waals surface area contributed by atoms with Crippen molar-refractivity contribution in [2.24, 2.45) is 0 Å². The smallest absolute Gasteiger partial charge is 0.375 e. The number of ether oxygens (including phenoxy) is 2. The fraction of sp³-hybridized carbons (Fsp3) is 0.476. The first kappa shape index (κ1) is 20.9. The van der Waals surface area contributed by atoms with Crippen molar-refractivity contribution in [2.45, 2.75) is 51.7 Å². The summed E-state index contributed by atoms with van der Waals surface area (Å²) in [5.41, 5.74) is 1.10. The molecule has 0 radical (unpaired) electrons. The molecule has 2 aromatic rings. The molecule has 1 heterocycles. The van der Waals surface area contributed by atoms with Gasteiger partial charge in [0, 0.05) is 23.6 Å². The van der Waals surface area contributed by atoms with Crippen molar-refractivity contribution in [2.75, 3.05) is 13.2 Å². The summed E-state index contributed by atoms with van der Waals surface area (Å²) in [6, 6.07) is 6.70. The number of rotatable bonds is 7. The summed E-state index contributed by atoms with van der Waals surface area (Å²) in [7, 11) is 0. The van der Waals surface area contributed by atoms with Gasteiger partial charge in [-0.25, -0.2) is 9.59 Å². The van der Waals surface area contributed by atoms with Crippen LogP contribution in [0.4, 0.5) is 4.79 Å². The summed E-state index contributed by atoms with van der Waals surface area (Å²) < 4.78 is 16.1. The van der Waals surface area contributed by atoms with Crippen LogP contribution in [0, 0.1) is 0 Å². The number of carbonyl (C=O) groups is 3. The molecule has 1 aliphatic carbocycles. The molecular formula is C21H26N2O6. The van der Waals surface area contributed by atoms with E-state index in [-0.39, 0.29) is 18.4 Å². The zero-order valence-corrected chi connectivity index (χ0v) is 16.5. The Kier molecular flexibility index (Phi) is 7.24. The quantitative estimate of drug-likeness (QED) is 0.688. The summed E-state index contributed by atoms with van der Waals surface area (Å²) >= 11 is 0. The zero-order valence-electron chi connectivity index (χ0n) is 16.5. The summed E-state index contributed by atoms with van der Waals surface area (Å²) in [5, 5.41) is 5.71. The van der Waals surface area contributed by atoms with Gasteiger partial charge in [0.05, 0.1) is 6.61 Å². The van der Waals surface area contributed by atoms with Gasteiger partial charge in [0.25, 0.3) is 5.91 Å². The van der Waals surface area contributed by atoms with Crippen LogP contribution in [-0.2, 0) is 20.9 Å². The summed E-state index contributed by atoms with van der Waals surface area (Å²) in [4.78, 5) is 36.3. The van der Waals surface area contributed by atoms with Gasteiger partial charge in [-0.15, -0.1) is 0 Å². The molecule has 1 fully saturated rings. The first-order valence-corrected chi connectivity index (χ1v) is 9.94. The van der Waals surface area contributed by atoms with Crippen LogP contribution >= 0.6 is 0 Å². The number of esters is 1. The second-order valence-corrected chi connectivity index (χ2v) is 6.98. The number of para-hydroxylation sites is 1. The van der Waals surface area contributed by atoms with Crippen LogP contribution in [0.1, 0.15) is 55.1 Å². The highest BCUT2D eigenvalue weighted by Gasteiger charge is 2.23. The van der Waals surface area contributed by atoms with Crippen molar-refractivity contribution in [3.05, 3.63) is 35.6 Å². The first-order chi connectivity index (χ1) is 14.1. The second kappa shape index (κ2) is 10.1. The van der Waals surface area contributed by atoms with Crippen LogP contribution < -0.4 is 10.6 Å². The number of imide groups is 1. The summed E-state index contributed by atoms with van der Waals surface area (Å²) in [6.07, 6.45) is 5.12. The number of hydrogen-bond acceptors (Lipinski definition) is 6. The van der Waals surface area contributed by atoms with E-state index in [1.165, 1.54) is 6.42 Å². The third kappa shape index (κ3) is 5.57. The van der Waals surface area contributed by atoms with Crippen LogP contribution in [0.2, 0.25) is 0 Å². The van der Waals surface area contributed by atoms with Gasteiger partial charge in [-0.05, 0) is 25.8 Å². The fourth-order valence-corrected chi connectivity index (χ4v) is 3.44. The molecule has 8 heteroatoms. The van der Waals surface area contributed by atoms with Crippen molar-refractivity contribution in [3.63, 3.8) is 0 Å². The Morgan fingerprint density at radius 3 is 2.66 bits per heavy atom. The summed E-state index contributed by atoms with van der Waals surface area (Å²) in [5.74, 6) is -1.48. The van der Waals surface area contributed by atoms with Crippen molar-refractivity contribution in [3.8, 4) is 0 Å². The maximum atomic E-state index is 12.5. The van der Waals surface area contributed by atoms with Crippen molar-refractivity contribution < 1.29 is 28.3 Å². The van der Waals surface area contributed by atoms with Crippen LogP contribution in [0.3, 0.4) is 0 Å². The number of hydrogen-bond donors (Lipinski definition) is 2. The van der Waals surface area contributed by atoms with E-state index in [9.17, 15) is 14.4 Å². The molecule has 0 saturated heterocycles. The highest BCUT2D eigenvalue weighted by atomic mass is 16.5. The zero-order chi connectivity index (χ0) is 20.6. The Labute approximate surface area is 168 Å². The normalized spacial score (nSPS) is 14.5. The number of amides is 3. The molecule has 0 unspecified atom stereocenters. The number of furan rings is 1. The molecule has 0 spiro atoms. The number of nitrogens with one attached hydrogen (secondary N) is 2. The molecule has 2 N–H and O–H groups in total. The number of fused-ring (bicyclic) bond motifs is 1. The van der Waals surface area contributed by atoms with Crippen molar-refractivity contribution >= 4 is 28.9 Å². The molecule has 3 rings (SSSR count). The summed E-state index contributed by atoms with van der Waals surface area (Å²) in [6.45, 7) is 1.94. The van der Waals surface area contributed by atoms with E-state index in [1.807, 2.05) is 19.1 Å². The minimum atomic E-state index is -0.779. The molecule has 3 amide bonds. The molecule has 1 aliphatic rings. The average molecular weight is 402 g/mol. The van der Waals surface area contributed by atoms with Gasteiger partial charge in [0.15, 0.2) is 6.61 Å². The third-order valence-corrected chi connectivity index (χ3v) is 4.86.